The van der Waals surface area contributed by atoms with Gasteiger partial charge in [0.25, 0.3) is 0 Å². The summed E-state index contributed by atoms with van der Waals surface area (Å²) in [6, 6.07) is 12.2. The molecule has 4 unspecified atom stereocenters. The van der Waals surface area contributed by atoms with E-state index in [4.69, 9.17) is 4.74 Å². The molecule has 1 aliphatic heterocycles. The molecule has 3 N–H and O–H groups in total. The molecule has 240 valence electrons. The highest BCUT2D eigenvalue weighted by Gasteiger charge is 2.56. The number of rotatable bonds is 16. The number of aromatic hydroxyl groups is 2. The molecule has 12 heteroatoms. The van der Waals surface area contributed by atoms with Gasteiger partial charge in [-0.2, -0.15) is 22.0 Å². The van der Waals surface area contributed by atoms with Gasteiger partial charge in [-0.1, -0.05) is 57.2 Å². The number of benzene rings is 2. The lowest BCUT2D eigenvalue weighted by Crippen LogP contribution is -2.40. The molecule has 43 heavy (non-hydrogen) atoms. The van der Waals surface area contributed by atoms with Crippen molar-refractivity contribution in [1.82, 2.24) is 0 Å². The number of carboxylic acids is 1. The number of phenols is 2. The van der Waals surface area contributed by atoms with Crippen LogP contribution in [0.4, 0.5) is 22.0 Å². The van der Waals surface area contributed by atoms with Crippen molar-refractivity contribution in [3.05, 3.63) is 53.6 Å². The molecular formula is C31H39F5O6S. The van der Waals surface area contributed by atoms with Crippen molar-refractivity contribution in [2.75, 3.05) is 12.4 Å². The Morgan fingerprint density at radius 2 is 1.58 bits per heavy atom. The highest BCUT2D eigenvalue weighted by molar-refractivity contribution is 7.92. The average Bonchev–Trinajstić information content (AvgIpc) is 2.92. The van der Waals surface area contributed by atoms with Crippen LogP contribution in [0.3, 0.4) is 0 Å². The fourth-order valence-electron chi connectivity index (χ4n) is 5.68. The highest BCUT2D eigenvalue weighted by Crippen LogP contribution is 2.50. The number of unbranched alkanes of at least 4 members (excludes halogenated alkanes) is 5. The van der Waals surface area contributed by atoms with E-state index >= 15 is 0 Å². The minimum absolute atomic E-state index is 0.0638. The molecule has 0 saturated carbocycles. The number of carboxylic acid groups (broad SMARTS) is 1. The van der Waals surface area contributed by atoms with Crippen LogP contribution in [0, 0.1) is 0 Å². The number of fused-ring (bicyclic) bond motifs is 1. The molecule has 0 radical (unpaired) electrons. The van der Waals surface area contributed by atoms with Gasteiger partial charge in [-0.3, -0.25) is 0 Å². The maximum atomic E-state index is 13.1. The predicted molar refractivity (Wildman–Crippen MR) is 153 cm³/mol. The van der Waals surface area contributed by atoms with Crippen LogP contribution < -0.4 is 4.74 Å². The Morgan fingerprint density at radius 3 is 2.21 bits per heavy atom. The topological polar surface area (TPSA) is 110 Å². The standard InChI is InChI=1S/C31H39F5O6S/c1-29(21-11-13-22(37)14-12-21)20-42-26-19-23(38)15-16-24(26)25(29)9-6-4-2-3-5-7-10-27(28(39)40)43(41)18-8-17-30(32,33)31(34,35)36/h11-16,19,25,27,37-38H,2-10,17-18,20H2,1H3,(H,39,40). The monoisotopic (exact) mass is 634 g/mol. The van der Waals surface area contributed by atoms with E-state index < -0.39 is 53.1 Å². The van der Waals surface area contributed by atoms with Crippen LogP contribution in [-0.2, 0) is 21.4 Å². The molecule has 3 rings (SSSR count). The maximum absolute atomic E-state index is 13.1. The van der Waals surface area contributed by atoms with Gasteiger partial charge in [-0.05, 0) is 59.8 Å². The van der Waals surface area contributed by atoms with E-state index in [2.05, 4.69) is 6.92 Å². The first kappa shape index (κ1) is 34.8. The van der Waals surface area contributed by atoms with Gasteiger partial charge in [0, 0.05) is 30.2 Å². The van der Waals surface area contributed by atoms with Crippen molar-refractivity contribution in [1.29, 1.82) is 0 Å². The normalized spacial score (nSPS) is 20.2. The van der Waals surface area contributed by atoms with Crippen LogP contribution in [-0.4, -0.2) is 55.6 Å². The number of aliphatic carboxylic acids is 1. The summed E-state index contributed by atoms with van der Waals surface area (Å²) in [5.41, 5.74) is 1.69. The minimum Gasteiger partial charge on any atom is -0.616 e. The van der Waals surface area contributed by atoms with Gasteiger partial charge in [-0.15, -0.1) is 0 Å². The zero-order chi connectivity index (χ0) is 31.8. The number of ether oxygens (including phenoxy) is 1. The molecule has 0 amide bonds. The first-order valence-corrected chi connectivity index (χ1v) is 15.8. The Morgan fingerprint density at radius 1 is 0.977 bits per heavy atom. The van der Waals surface area contributed by atoms with Crippen LogP contribution in [0.1, 0.15) is 88.2 Å². The molecule has 2 aromatic carbocycles. The third-order valence-electron chi connectivity index (χ3n) is 8.25. The minimum atomic E-state index is -5.69. The van der Waals surface area contributed by atoms with Gasteiger partial charge in [0.2, 0.25) is 5.25 Å². The summed E-state index contributed by atoms with van der Waals surface area (Å²) in [5.74, 6) is -5.70. The third-order valence-corrected chi connectivity index (χ3v) is 10.0. The predicted octanol–water partition coefficient (Wildman–Crippen LogP) is 7.83. The second-order valence-corrected chi connectivity index (χ2v) is 13.2. The van der Waals surface area contributed by atoms with Gasteiger partial charge >= 0.3 is 18.1 Å². The van der Waals surface area contributed by atoms with Crippen LogP contribution in [0.15, 0.2) is 42.5 Å². The second-order valence-electron chi connectivity index (χ2n) is 11.4. The summed E-state index contributed by atoms with van der Waals surface area (Å²) in [4.78, 5) is 11.5. The third kappa shape index (κ3) is 9.14. The lowest BCUT2D eigenvalue weighted by molar-refractivity contribution is -0.284. The van der Waals surface area contributed by atoms with E-state index in [1.54, 1.807) is 24.3 Å². The summed E-state index contributed by atoms with van der Waals surface area (Å²) in [6.45, 7) is 2.54. The first-order chi connectivity index (χ1) is 20.2. The fraction of sp³-hybridized carbons (Fsp3) is 0.581. The molecule has 0 aliphatic carbocycles. The van der Waals surface area contributed by atoms with Crippen molar-refractivity contribution >= 4 is 17.1 Å². The van der Waals surface area contributed by atoms with E-state index in [1.165, 1.54) is 0 Å². The van der Waals surface area contributed by atoms with Crippen molar-refractivity contribution in [3.8, 4) is 17.2 Å². The summed E-state index contributed by atoms with van der Waals surface area (Å²) in [6.07, 6.45) is -2.33. The Labute approximate surface area is 251 Å². The van der Waals surface area contributed by atoms with Crippen LogP contribution in [0.25, 0.3) is 0 Å². The van der Waals surface area contributed by atoms with Crippen LogP contribution in [0.5, 0.6) is 17.2 Å². The lowest BCUT2D eigenvalue weighted by atomic mass is 9.66. The smallest absolute Gasteiger partial charge is 0.453 e. The lowest BCUT2D eigenvalue weighted by Gasteiger charge is -2.43. The zero-order valence-electron chi connectivity index (χ0n) is 24.0. The molecule has 0 bridgehead atoms. The zero-order valence-corrected chi connectivity index (χ0v) is 24.9. The fourth-order valence-corrected chi connectivity index (χ4v) is 7.05. The molecule has 0 saturated heterocycles. The van der Waals surface area contributed by atoms with Crippen LogP contribution in [0.2, 0.25) is 0 Å². The summed E-state index contributed by atoms with van der Waals surface area (Å²) in [5, 5.41) is 27.8. The molecular weight excluding hydrogens is 595 g/mol. The van der Waals surface area contributed by atoms with Crippen molar-refractivity contribution in [2.24, 2.45) is 0 Å². The number of alkyl halides is 5. The van der Waals surface area contributed by atoms with Crippen LogP contribution >= 0.6 is 0 Å². The largest absolute Gasteiger partial charge is 0.616 e. The number of phenolic OH excluding ortho intramolecular Hbond substituents is 2. The van der Waals surface area contributed by atoms with Gasteiger partial charge in [0.05, 0.1) is 6.61 Å². The number of hydrogen-bond donors (Lipinski definition) is 3. The molecule has 1 heterocycles. The van der Waals surface area contributed by atoms with Crippen molar-refractivity contribution in [2.45, 2.75) is 99.8 Å². The molecule has 0 fully saturated rings. The molecule has 6 nitrogen and oxygen atoms in total. The van der Waals surface area contributed by atoms with E-state index in [1.807, 2.05) is 18.2 Å². The van der Waals surface area contributed by atoms with E-state index in [-0.39, 0.29) is 29.3 Å². The Kier molecular flexibility index (Phi) is 12.0. The number of hydrogen-bond acceptors (Lipinski definition) is 5. The Hall–Kier alpha value is -2.73. The average molecular weight is 635 g/mol. The Balaban J connectivity index is 1.45. The quantitative estimate of drug-likeness (QED) is 0.0987. The SMILES string of the molecule is CC1(c2ccc(O)cc2)COc2cc(O)ccc2C1CCCCCCCCC(C(=O)O)[S+]([O-])CCCC(F)(F)C(F)(F)F. The van der Waals surface area contributed by atoms with Gasteiger partial charge in [-0.25, -0.2) is 4.79 Å². The van der Waals surface area contributed by atoms with E-state index in [0.29, 0.717) is 25.2 Å². The summed E-state index contributed by atoms with van der Waals surface area (Å²) < 4.78 is 81.4. The number of carbonyl (C=O) groups is 1. The Bertz CT molecular complexity index is 1190. The second kappa shape index (κ2) is 14.8. The summed E-state index contributed by atoms with van der Waals surface area (Å²) >= 11 is -2.05. The first-order valence-electron chi connectivity index (χ1n) is 14.5. The molecule has 2 aromatic rings. The molecule has 0 aromatic heterocycles. The molecule has 1 aliphatic rings. The maximum Gasteiger partial charge on any atom is 0.453 e. The van der Waals surface area contributed by atoms with Gasteiger partial charge in [0.1, 0.15) is 23.0 Å². The number of halogens is 5. The highest BCUT2D eigenvalue weighted by atomic mass is 32.2. The van der Waals surface area contributed by atoms with E-state index in [9.17, 15) is 46.6 Å². The van der Waals surface area contributed by atoms with E-state index in [0.717, 1.165) is 43.2 Å². The van der Waals surface area contributed by atoms with Gasteiger partial charge < -0.3 is 24.6 Å². The van der Waals surface area contributed by atoms with Crippen molar-refractivity contribution in [3.63, 3.8) is 0 Å². The van der Waals surface area contributed by atoms with Gasteiger partial charge in [0.15, 0.2) is 0 Å². The molecule has 4 atom stereocenters. The molecule has 0 spiro atoms. The van der Waals surface area contributed by atoms with Crippen molar-refractivity contribution < 1.29 is 51.4 Å². The summed E-state index contributed by atoms with van der Waals surface area (Å²) in [7, 11) is 0.